The largest absolute Gasteiger partial charge is 0.497 e. The Bertz CT molecular complexity index is 1570. The minimum atomic E-state index is -0.156. The van der Waals surface area contributed by atoms with Crippen molar-refractivity contribution in [3.05, 3.63) is 101 Å². The van der Waals surface area contributed by atoms with E-state index in [2.05, 4.69) is 44.7 Å². The molecule has 1 aliphatic rings. The Balaban J connectivity index is 1.59. The Morgan fingerprint density at radius 1 is 0.944 bits per heavy atom. The highest BCUT2D eigenvalue weighted by Gasteiger charge is 2.29. The van der Waals surface area contributed by atoms with E-state index in [0.29, 0.717) is 16.4 Å². The van der Waals surface area contributed by atoms with Crippen molar-refractivity contribution >= 4 is 28.8 Å². The molecule has 6 heteroatoms. The maximum atomic E-state index is 13.9. The summed E-state index contributed by atoms with van der Waals surface area (Å²) in [5, 5.41) is 3.67. The molecule has 0 bridgehead atoms. The van der Waals surface area contributed by atoms with Gasteiger partial charge in [-0.05, 0) is 72.9 Å². The fraction of sp³-hybridized carbons (Fsp3) is 0.167. The summed E-state index contributed by atoms with van der Waals surface area (Å²) in [4.78, 5) is 13.9. The van der Waals surface area contributed by atoms with Crippen LogP contribution in [0.25, 0.3) is 28.0 Å². The molecular weight excluding hydrogens is 470 g/mol. The van der Waals surface area contributed by atoms with Crippen molar-refractivity contribution < 1.29 is 9.53 Å². The van der Waals surface area contributed by atoms with E-state index in [1.165, 1.54) is 5.56 Å². The Morgan fingerprint density at radius 3 is 2.50 bits per heavy atom. The molecule has 0 unspecified atom stereocenters. The minimum Gasteiger partial charge on any atom is -0.497 e. The molecule has 0 atom stereocenters. The van der Waals surface area contributed by atoms with E-state index in [1.807, 2.05) is 42.5 Å². The van der Waals surface area contributed by atoms with Gasteiger partial charge >= 0.3 is 0 Å². The monoisotopic (exact) mass is 495 g/mol. The van der Waals surface area contributed by atoms with E-state index in [1.54, 1.807) is 19.2 Å². The second-order valence-corrected chi connectivity index (χ2v) is 9.51. The molecule has 5 nitrogen and oxygen atoms in total. The number of carbonyl (C=O) groups is 1. The molecule has 1 N–H and O–H groups in total. The standard InChI is InChI=1S/C30H26ClN3O2/c1-36-24-15-13-20(14-16-24)26-19-34-28(29(35)32-23-11-7-10-22(31)18-23)27(21-8-3-2-4-9-21)25-12-5-6-17-33(26)30(25)34/h2-4,7-11,13-16,18-19H,5-6,12,17H2,1H3,(H,32,35). The summed E-state index contributed by atoms with van der Waals surface area (Å²) in [5.74, 6) is 0.665. The lowest BCUT2D eigenvalue weighted by atomic mass is 9.98. The van der Waals surface area contributed by atoms with Crippen LogP contribution in [0.1, 0.15) is 28.9 Å². The molecule has 2 aromatic heterocycles. The smallest absolute Gasteiger partial charge is 0.273 e. The maximum Gasteiger partial charge on any atom is 0.273 e. The number of methoxy groups -OCH3 is 1. The van der Waals surface area contributed by atoms with E-state index in [4.69, 9.17) is 16.3 Å². The number of rotatable bonds is 5. The molecule has 0 fully saturated rings. The van der Waals surface area contributed by atoms with Gasteiger partial charge in [-0.1, -0.05) is 48.0 Å². The van der Waals surface area contributed by atoms with E-state index in [9.17, 15) is 4.79 Å². The molecule has 0 radical (unpaired) electrons. The molecule has 1 amide bonds. The quantitative estimate of drug-likeness (QED) is 0.277. The second-order valence-electron chi connectivity index (χ2n) is 9.08. The summed E-state index contributed by atoms with van der Waals surface area (Å²) in [7, 11) is 1.67. The third kappa shape index (κ3) is 3.86. The van der Waals surface area contributed by atoms with Gasteiger partial charge in [0.2, 0.25) is 0 Å². The maximum absolute atomic E-state index is 13.9. The van der Waals surface area contributed by atoms with Crippen molar-refractivity contribution in [2.75, 3.05) is 12.4 Å². The first kappa shape index (κ1) is 22.5. The lowest BCUT2D eigenvalue weighted by Crippen LogP contribution is -2.15. The number of ether oxygens (including phenoxy) is 1. The van der Waals surface area contributed by atoms with Crippen LogP contribution in [0.3, 0.4) is 0 Å². The summed E-state index contributed by atoms with van der Waals surface area (Å²) < 4.78 is 9.82. The van der Waals surface area contributed by atoms with Crippen molar-refractivity contribution in [3.63, 3.8) is 0 Å². The van der Waals surface area contributed by atoms with E-state index >= 15 is 0 Å². The molecule has 5 aromatic rings. The van der Waals surface area contributed by atoms with Crippen LogP contribution in [0.15, 0.2) is 85.1 Å². The molecule has 0 aliphatic carbocycles. The molecule has 3 heterocycles. The fourth-order valence-electron chi connectivity index (χ4n) is 5.27. The fourth-order valence-corrected chi connectivity index (χ4v) is 5.46. The van der Waals surface area contributed by atoms with Crippen LogP contribution in [-0.4, -0.2) is 22.0 Å². The molecule has 3 aromatic carbocycles. The predicted molar refractivity (Wildman–Crippen MR) is 145 cm³/mol. The minimum absolute atomic E-state index is 0.156. The average molecular weight is 496 g/mol. The van der Waals surface area contributed by atoms with E-state index in [0.717, 1.165) is 59.6 Å². The van der Waals surface area contributed by atoms with Crippen molar-refractivity contribution in [2.24, 2.45) is 0 Å². The first-order valence-corrected chi connectivity index (χ1v) is 12.5. The lowest BCUT2D eigenvalue weighted by molar-refractivity contribution is 0.102. The third-order valence-corrected chi connectivity index (χ3v) is 7.11. The number of hydrogen-bond donors (Lipinski definition) is 1. The number of amides is 1. The molecule has 180 valence electrons. The van der Waals surface area contributed by atoms with Gasteiger partial charge in [-0.25, -0.2) is 0 Å². The van der Waals surface area contributed by atoms with Gasteiger partial charge in [-0.15, -0.1) is 0 Å². The van der Waals surface area contributed by atoms with E-state index < -0.39 is 0 Å². The van der Waals surface area contributed by atoms with Crippen molar-refractivity contribution in [3.8, 4) is 28.1 Å². The van der Waals surface area contributed by atoms with Crippen molar-refractivity contribution in [1.29, 1.82) is 0 Å². The van der Waals surface area contributed by atoms with Gasteiger partial charge in [0.15, 0.2) is 0 Å². The van der Waals surface area contributed by atoms with Crippen LogP contribution < -0.4 is 10.1 Å². The number of nitrogens with zero attached hydrogens (tertiary/aromatic N) is 2. The number of aromatic nitrogens is 2. The zero-order valence-corrected chi connectivity index (χ0v) is 20.8. The van der Waals surface area contributed by atoms with Crippen LogP contribution in [-0.2, 0) is 13.0 Å². The number of halogens is 1. The Kier molecular flexibility index (Phi) is 5.78. The summed E-state index contributed by atoms with van der Waals surface area (Å²) >= 11 is 6.19. The number of nitrogens with one attached hydrogen (secondary N) is 1. The Labute approximate surface area is 214 Å². The van der Waals surface area contributed by atoms with Gasteiger partial charge in [0.25, 0.3) is 5.91 Å². The number of imidazole rings is 1. The number of benzene rings is 3. The molecule has 0 saturated heterocycles. The Morgan fingerprint density at radius 2 is 1.75 bits per heavy atom. The van der Waals surface area contributed by atoms with Gasteiger partial charge < -0.3 is 14.6 Å². The molecule has 6 rings (SSSR count). The summed E-state index contributed by atoms with van der Waals surface area (Å²) in [6, 6.07) is 25.6. The van der Waals surface area contributed by atoms with Crippen molar-refractivity contribution in [2.45, 2.75) is 25.8 Å². The molecule has 1 aliphatic heterocycles. The van der Waals surface area contributed by atoms with Crippen LogP contribution in [0.5, 0.6) is 5.75 Å². The number of anilines is 1. The van der Waals surface area contributed by atoms with E-state index in [-0.39, 0.29) is 5.91 Å². The topological polar surface area (TPSA) is 47.7 Å². The van der Waals surface area contributed by atoms with Gasteiger partial charge in [0.1, 0.15) is 17.1 Å². The highest BCUT2D eigenvalue weighted by atomic mass is 35.5. The zero-order valence-electron chi connectivity index (χ0n) is 20.0. The second kappa shape index (κ2) is 9.25. The first-order chi connectivity index (χ1) is 17.6. The van der Waals surface area contributed by atoms with Crippen LogP contribution in [0, 0.1) is 0 Å². The summed E-state index contributed by atoms with van der Waals surface area (Å²) in [5.41, 5.74) is 7.85. The van der Waals surface area contributed by atoms with Crippen LogP contribution in [0.2, 0.25) is 5.02 Å². The number of hydrogen-bond acceptors (Lipinski definition) is 2. The first-order valence-electron chi connectivity index (χ1n) is 12.2. The van der Waals surface area contributed by atoms with Crippen LogP contribution in [0.4, 0.5) is 5.69 Å². The SMILES string of the molecule is COc1ccc(-c2cn3c(C(=O)Nc4cccc(Cl)c4)c(-c4ccccc4)c4c3n2CCCC4)cc1. The molecular formula is C30H26ClN3O2. The Hall–Kier alpha value is -3.96. The lowest BCUT2D eigenvalue weighted by Gasteiger charge is -2.10. The van der Waals surface area contributed by atoms with Crippen molar-refractivity contribution in [1.82, 2.24) is 8.97 Å². The highest BCUT2D eigenvalue weighted by Crippen LogP contribution is 2.40. The molecule has 36 heavy (non-hydrogen) atoms. The summed E-state index contributed by atoms with van der Waals surface area (Å²) in [6.45, 7) is 0.901. The summed E-state index contributed by atoms with van der Waals surface area (Å²) in [6.07, 6.45) is 5.18. The zero-order chi connectivity index (χ0) is 24.6. The third-order valence-electron chi connectivity index (χ3n) is 6.88. The number of carbonyl (C=O) groups excluding carboxylic acids is 1. The average Bonchev–Trinajstić information content (AvgIpc) is 3.32. The van der Waals surface area contributed by atoms with Crippen LogP contribution >= 0.6 is 11.6 Å². The number of aryl methyl sites for hydroxylation is 2. The van der Waals surface area contributed by atoms with Gasteiger partial charge in [0.05, 0.1) is 12.8 Å². The predicted octanol–water partition coefficient (Wildman–Crippen LogP) is 7.33. The highest BCUT2D eigenvalue weighted by molar-refractivity contribution is 6.31. The molecule has 0 saturated carbocycles. The van der Waals surface area contributed by atoms with Gasteiger partial charge in [-0.3, -0.25) is 9.20 Å². The normalized spacial score (nSPS) is 12.9. The van der Waals surface area contributed by atoms with Gasteiger partial charge in [0, 0.05) is 34.6 Å². The molecule has 0 spiro atoms. The van der Waals surface area contributed by atoms with Gasteiger partial charge in [-0.2, -0.15) is 0 Å².